The summed E-state index contributed by atoms with van der Waals surface area (Å²) in [5.41, 5.74) is 2.68. The Morgan fingerprint density at radius 2 is 1.63 bits per heavy atom. The van der Waals surface area contributed by atoms with E-state index in [1.165, 1.54) is 24.1 Å². The number of nitrogens with zero attached hydrogens (tertiary/aromatic N) is 2. The Bertz CT molecular complexity index is 1410. The first kappa shape index (κ1) is 28.9. The van der Waals surface area contributed by atoms with Crippen LogP contribution >= 0.6 is 11.6 Å². The Morgan fingerprint density at radius 1 is 0.976 bits per heavy atom. The minimum absolute atomic E-state index is 0.200. The molecule has 4 unspecified atom stereocenters. The van der Waals surface area contributed by atoms with E-state index in [2.05, 4.69) is 5.32 Å². The van der Waals surface area contributed by atoms with Gasteiger partial charge in [-0.1, -0.05) is 59.6 Å². The summed E-state index contributed by atoms with van der Waals surface area (Å²) >= 11 is 6.23. The molecule has 0 radical (unpaired) electrons. The largest absolute Gasteiger partial charge is 0.375 e. The SMILES string of the molecule is COCC(=O)N1C(C(=O)N2CCNCC2)C(c2ccc(F)cc2)C(C(=O)c2cccc(C)c2)C1c1ccc(Cl)cc1. The molecule has 2 amide bonds. The number of ether oxygens (including phenoxy) is 1. The molecule has 9 heteroatoms. The maximum Gasteiger partial charge on any atom is 0.249 e. The Hall–Kier alpha value is -3.59. The van der Waals surface area contributed by atoms with Gasteiger partial charge in [-0.15, -0.1) is 0 Å². The lowest BCUT2D eigenvalue weighted by molar-refractivity contribution is -0.148. The van der Waals surface area contributed by atoms with Crippen LogP contribution in [0.25, 0.3) is 0 Å². The quantitative estimate of drug-likeness (QED) is 0.421. The molecule has 0 spiro atoms. The predicted molar refractivity (Wildman–Crippen MR) is 154 cm³/mol. The van der Waals surface area contributed by atoms with E-state index in [1.54, 1.807) is 47.4 Å². The van der Waals surface area contributed by atoms with Crippen molar-refractivity contribution in [1.29, 1.82) is 0 Å². The third-order valence-corrected chi connectivity index (χ3v) is 8.23. The molecule has 7 nitrogen and oxygen atoms in total. The third-order valence-electron chi connectivity index (χ3n) is 7.98. The molecule has 0 saturated carbocycles. The molecule has 2 fully saturated rings. The summed E-state index contributed by atoms with van der Waals surface area (Å²) in [6, 6.07) is 18.4. The fourth-order valence-corrected chi connectivity index (χ4v) is 6.29. The van der Waals surface area contributed by atoms with Crippen molar-refractivity contribution in [2.24, 2.45) is 5.92 Å². The molecule has 3 aromatic rings. The van der Waals surface area contributed by atoms with Crippen LogP contribution in [-0.4, -0.2) is 73.3 Å². The van der Waals surface area contributed by atoms with Crippen molar-refractivity contribution in [3.05, 3.63) is 106 Å². The van der Waals surface area contributed by atoms with Gasteiger partial charge >= 0.3 is 0 Å². The van der Waals surface area contributed by atoms with Crippen LogP contribution in [0.4, 0.5) is 4.39 Å². The molecule has 2 heterocycles. The smallest absolute Gasteiger partial charge is 0.249 e. The average Bonchev–Trinajstić information content (AvgIpc) is 3.34. The number of hydrogen-bond acceptors (Lipinski definition) is 5. The molecule has 2 saturated heterocycles. The van der Waals surface area contributed by atoms with Crippen LogP contribution in [-0.2, 0) is 14.3 Å². The van der Waals surface area contributed by atoms with Crippen LogP contribution in [0, 0.1) is 18.7 Å². The number of amides is 2. The van der Waals surface area contributed by atoms with Gasteiger partial charge in [-0.05, 0) is 48.4 Å². The molecular weight excluding hydrogens is 545 g/mol. The summed E-state index contributed by atoms with van der Waals surface area (Å²) in [4.78, 5) is 46.2. The van der Waals surface area contributed by atoms with E-state index in [-0.39, 0.29) is 18.3 Å². The zero-order valence-electron chi connectivity index (χ0n) is 23.1. The molecule has 0 aliphatic carbocycles. The van der Waals surface area contributed by atoms with Crippen molar-refractivity contribution >= 4 is 29.2 Å². The molecule has 2 aliphatic heterocycles. The molecule has 4 atom stereocenters. The predicted octanol–water partition coefficient (Wildman–Crippen LogP) is 4.40. The molecular formula is C32H33ClFN3O4. The molecule has 2 aliphatic rings. The van der Waals surface area contributed by atoms with Crippen molar-refractivity contribution in [3.63, 3.8) is 0 Å². The second-order valence-corrected chi connectivity index (χ2v) is 11.0. The minimum Gasteiger partial charge on any atom is -0.375 e. The van der Waals surface area contributed by atoms with Crippen molar-refractivity contribution < 1.29 is 23.5 Å². The van der Waals surface area contributed by atoms with E-state index in [0.29, 0.717) is 47.9 Å². The van der Waals surface area contributed by atoms with Crippen LogP contribution in [0.15, 0.2) is 72.8 Å². The van der Waals surface area contributed by atoms with E-state index in [1.807, 2.05) is 25.1 Å². The van der Waals surface area contributed by atoms with Crippen molar-refractivity contribution in [3.8, 4) is 0 Å². The first-order valence-electron chi connectivity index (χ1n) is 13.7. The number of methoxy groups -OCH3 is 1. The lowest BCUT2D eigenvalue weighted by Gasteiger charge is -2.36. The zero-order chi connectivity index (χ0) is 29.1. The van der Waals surface area contributed by atoms with Gasteiger partial charge in [0.05, 0.1) is 12.0 Å². The normalized spacial score (nSPS) is 22.5. The van der Waals surface area contributed by atoms with Gasteiger partial charge in [-0.2, -0.15) is 0 Å². The number of halogens is 2. The Morgan fingerprint density at radius 3 is 2.27 bits per heavy atom. The Kier molecular flexibility index (Phi) is 8.82. The molecule has 0 aromatic heterocycles. The summed E-state index contributed by atoms with van der Waals surface area (Å²) in [6.07, 6.45) is 0. The second-order valence-electron chi connectivity index (χ2n) is 10.6. The Labute approximate surface area is 244 Å². The van der Waals surface area contributed by atoms with Gasteiger partial charge in [0.25, 0.3) is 0 Å². The van der Waals surface area contributed by atoms with Gasteiger partial charge in [0.1, 0.15) is 18.5 Å². The fraction of sp³-hybridized carbons (Fsp3) is 0.344. The number of piperazine rings is 1. The number of ketones is 1. The maximum absolute atomic E-state index is 14.6. The number of carbonyl (C=O) groups is 3. The second kappa shape index (κ2) is 12.5. The lowest BCUT2D eigenvalue weighted by atomic mass is 9.75. The van der Waals surface area contributed by atoms with Crippen LogP contribution in [0.2, 0.25) is 5.02 Å². The highest BCUT2D eigenvalue weighted by Gasteiger charge is 2.58. The number of nitrogens with one attached hydrogen (secondary N) is 1. The first-order valence-corrected chi connectivity index (χ1v) is 14.1. The van der Waals surface area contributed by atoms with Gasteiger partial charge in [-0.25, -0.2) is 4.39 Å². The van der Waals surface area contributed by atoms with E-state index < -0.39 is 35.6 Å². The highest BCUT2D eigenvalue weighted by atomic mass is 35.5. The molecule has 214 valence electrons. The molecule has 1 N–H and O–H groups in total. The topological polar surface area (TPSA) is 79.0 Å². The summed E-state index contributed by atoms with van der Waals surface area (Å²) in [7, 11) is 1.42. The summed E-state index contributed by atoms with van der Waals surface area (Å²) in [6.45, 7) is 3.83. The number of rotatable bonds is 7. The van der Waals surface area contributed by atoms with Crippen molar-refractivity contribution in [1.82, 2.24) is 15.1 Å². The molecule has 5 rings (SSSR count). The van der Waals surface area contributed by atoms with Crippen molar-refractivity contribution in [2.75, 3.05) is 39.9 Å². The van der Waals surface area contributed by atoms with E-state index in [0.717, 1.165) is 5.56 Å². The van der Waals surface area contributed by atoms with E-state index in [9.17, 15) is 18.8 Å². The van der Waals surface area contributed by atoms with E-state index in [4.69, 9.17) is 16.3 Å². The summed E-state index contributed by atoms with van der Waals surface area (Å²) in [5.74, 6) is -2.88. The fourth-order valence-electron chi connectivity index (χ4n) is 6.16. The maximum atomic E-state index is 14.6. The van der Waals surface area contributed by atoms with Crippen LogP contribution in [0.3, 0.4) is 0 Å². The number of Topliss-reactive ketones (excluding diaryl/α,β-unsaturated/α-hetero) is 1. The number of likely N-dealkylation sites (tertiary alicyclic amines) is 1. The number of carbonyl (C=O) groups excluding carboxylic acids is 3. The van der Waals surface area contributed by atoms with Crippen LogP contribution in [0.1, 0.15) is 39.0 Å². The highest BCUT2D eigenvalue weighted by molar-refractivity contribution is 6.30. The average molecular weight is 578 g/mol. The van der Waals surface area contributed by atoms with E-state index >= 15 is 0 Å². The first-order chi connectivity index (χ1) is 19.8. The third kappa shape index (κ3) is 5.91. The minimum atomic E-state index is -1.01. The Balaban J connectivity index is 1.75. The van der Waals surface area contributed by atoms with Crippen molar-refractivity contribution in [2.45, 2.75) is 24.9 Å². The molecule has 0 bridgehead atoms. The van der Waals surface area contributed by atoms with Gasteiger partial charge in [-0.3, -0.25) is 14.4 Å². The standard InChI is InChI=1S/C32H33ClFN3O4/c1-20-4-3-5-23(18-20)31(39)28-27(21-8-12-25(34)13-9-21)30(32(40)36-16-14-35-15-17-36)37(26(38)19-41-2)29(28)22-6-10-24(33)11-7-22/h3-13,18,27-30,35H,14-17,19H2,1-2H3. The van der Waals surface area contributed by atoms with Gasteiger partial charge in [0.2, 0.25) is 11.8 Å². The monoisotopic (exact) mass is 577 g/mol. The number of hydrogen-bond donors (Lipinski definition) is 1. The molecule has 41 heavy (non-hydrogen) atoms. The number of aryl methyl sites for hydroxylation is 1. The summed E-state index contributed by atoms with van der Waals surface area (Å²) < 4.78 is 19.4. The number of benzene rings is 3. The van der Waals surface area contributed by atoms with Gasteiger partial charge < -0.3 is 19.9 Å². The van der Waals surface area contributed by atoms with Gasteiger partial charge in [0, 0.05) is 49.8 Å². The van der Waals surface area contributed by atoms with Crippen LogP contribution in [0.5, 0.6) is 0 Å². The van der Waals surface area contributed by atoms with Gasteiger partial charge in [0.15, 0.2) is 5.78 Å². The highest BCUT2D eigenvalue weighted by Crippen LogP contribution is 2.52. The van der Waals surface area contributed by atoms with Crippen LogP contribution < -0.4 is 5.32 Å². The lowest BCUT2D eigenvalue weighted by Crippen LogP contribution is -2.55. The zero-order valence-corrected chi connectivity index (χ0v) is 23.8. The summed E-state index contributed by atoms with van der Waals surface area (Å²) in [5, 5.41) is 3.76. The molecule has 3 aromatic carbocycles.